The van der Waals surface area contributed by atoms with Crippen LogP contribution in [0.4, 0.5) is 0 Å². The average Bonchev–Trinajstić information content (AvgIpc) is 3.26. The number of hydrogen-bond acceptors (Lipinski definition) is 3. The third-order valence-corrected chi connectivity index (χ3v) is 6.62. The van der Waals surface area contributed by atoms with Crippen LogP contribution in [-0.4, -0.2) is 29.2 Å². The number of hydrogen-bond donors (Lipinski definition) is 0. The first-order valence-electron chi connectivity index (χ1n) is 10.0. The summed E-state index contributed by atoms with van der Waals surface area (Å²) < 4.78 is 5.95. The lowest BCUT2D eigenvalue weighted by molar-refractivity contribution is 0.175. The van der Waals surface area contributed by atoms with E-state index in [0.717, 1.165) is 29.9 Å². The van der Waals surface area contributed by atoms with E-state index in [0.29, 0.717) is 18.0 Å². The van der Waals surface area contributed by atoms with Gasteiger partial charge in [0.25, 0.3) is 0 Å². The van der Waals surface area contributed by atoms with Gasteiger partial charge in [0.2, 0.25) is 0 Å². The van der Waals surface area contributed by atoms with Gasteiger partial charge < -0.3 is 4.52 Å². The molecule has 2 fully saturated rings. The van der Waals surface area contributed by atoms with Gasteiger partial charge in [-0.2, -0.15) is 0 Å². The lowest BCUT2D eigenvalue weighted by atomic mass is 9.79. The quantitative estimate of drug-likeness (QED) is 0.710. The van der Waals surface area contributed by atoms with Crippen molar-refractivity contribution < 1.29 is 4.52 Å². The monoisotopic (exact) mass is 358 g/mol. The fourth-order valence-electron chi connectivity index (χ4n) is 5.05. The van der Waals surface area contributed by atoms with Crippen molar-refractivity contribution in [3.8, 4) is 11.3 Å². The van der Waals surface area contributed by atoms with Gasteiger partial charge >= 0.3 is 0 Å². The van der Waals surface area contributed by atoms with E-state index < -0.39 is 0 Å². The van der Waals surface area contributed by atoms with Crippen LogP contribution in [0.5, 0.6) is 0 Å². The molecule has 3 aliphatic rings. The van der Waals surface area contributed by atoms with E-state index in [9.17, 15) is 0 Å². The van der Waals surface area contributed by atoms with Crippen LogP contribution in [0.3, 0.4) is 0 Å². The van der Waals surface area contributed by atoms with Crippen molar-refractivity contribution in [2.24, 2.45) is 0 Å². The molecule has 2 aromatic rings. The summed E-state index contributed by atoms with van der Waals surface area (Å²) >= 11 is 0. The maximum absolute atomic E-state index is 5.95. The van der Waals surface area contributed by atoms with Gasteiger partial charge in [-0.1, -0.05) is 64.9 Å². The number of benzene rings is 1. The Hall–Kier alpha value is -2.39. The second-order valence-corrected chi connectivity index (χ2v) is 8.16. The minimum absolute atomic E-state index is 0.310. The third kappa shape index (κ3) is 2.90. The Labute approximate surface area is 161 Å². The van der Waals surface area contributed by atoms with Crippen molar-refractivity contribution in [2.45, 2.75) is 50.6 Å². The van der Waals surface area contributed by atoms with Gasteiger partial charge in [-0.15, -0.1) is 0 Å². The molecule has 2 saturated heterocycles. The highest BCUT2D eigenvalue weighted by Gasteiger charge is 2.45. The van der Waals surface area contributed by atoms with Crippen molar-refractivity contribution in [2.75, 3.05) is 7.05 Å². The predicted octanol–water partition coefficient (Wildman–Crippen LogP) is 5.49. The first kappa shape index (κ1) is 16.8. The molecule has 3 nitrogen and oxygen atoms in total. The predicted molar refractivity (Wildman–Crippen MR) is 108 cm³/mol. The summed E-state index contributed by atoms with van der Waals surface area (Å²) in [4.78, 5) is 2.58. The van der Waals surface area contributed by atoms with E-state index in [2.05, 4.69) is 72.6 Å². The van der Waals surface area contributed by atoms with E-state index in [-0.39, 0.29) is 0 Å². The van der Waals surface area contributed by atoms with Crippen molar-refractivity contribution in [3.05, 3.63) is 77.1 Å². The van der Waals surface area contributed by atoms with Crippen LogP contribution < -0.4 is 0 Å². The number of nitrogens with zero attached hydrogens (tertiary/aromatic N) is 2. The van der Waals surface area contributed by atoms with E-state index in [1.165, 1.54) is 24.0 Å². The fraction of sp³-hybridized carbons (Fsp3) is 0.375. The molecule has 3 unspecified atom stereocenters. The maximum Gasteiger partial charge on any atom is 0.146 e. The second kappa shape index (κ2) is 6.65. The zero-order valence-electron chi connectivity index (χ0n) is 16.1. The topological polar surface area (TPSA) is 29.3 Å². The number of allylic oxidation sites excluding steroid dienone is 5. The summed E-state index contributed by atoms with van der Waals surface area (Å²) in [7, 11) is 2.28. The molecule has 1 aromatic carbocycles. The highest BCUT2D eigenvalue weighted by molar-refractivity contribution is 5.59. The van der Waals surface area contributed by atoms with E-state index in [4.69, 9.17) is 4.52 Å². The third-order valence-electron chi connectivity index (χ3n) is 6.62. The average molecular weight is 358 g/mol. The number of fused-ring (bicyclic) bond motifs is 2. The lowest BCUT2D eigenvalue weighted by Crippen LogP contribution is -2.42. The van der Waals surface area contributed by atoms with Gasteiger partial charge in [0, 0.05) is 23.7 Å². The number of rotatable bonds is 2. The van der Waals surface area contributed by atoms with Crippen LogP contribution in [-0.2, 0) is 0 Å². The van der Waals surface area contributed by atoms with Gasteiger partial charge in [0.05, 0.1) is 5.92 Å². The molecule has 3 heterocycles. The van der Waals surface area contributed by atoms with Crippen LogP contribution in [0.2, 0.25) is 0 Å². The zero-order valence-corrected chi connectivity index (χ0v) is 16.1. The number of piperidine rings is 1. The van der Waals surface area contributed by atoms with E-state index >= 15 is 0 Å². The molecule has 0 radical (unpaired) electrons. The van der Waals surface area contributed by atoms with Crippen molar-refractivity contribution >= 4 is 0 Å². The summed E-state index contributed by atoms with van der Waals surface area (Å²) in [5.41, 5.74) is 6.46. The molecule has 138 valence electrons. The molecule has 0 saturated carbocycles. The van der Waals surface area contributed by atoms with Gasteiger partial charge in [0.1, 0.15) is 11.5 Å². The molecule has 1 aliphatic carbocycles. The highest BCUT2D eigenvalue weighted by Crippen LogP contribution is 2.48. The SMILES string of the molecule is CC1=CC/C(=C2/CC3CCC(C2c2cc(-c4ccccc4)no2)N3C)C=C1. The van der Waals surface area contributed by atoms with Crippen molar-refractivity contribution in [3.63, 3.8) is 0 Å². The summed E-state index contributed by atoms with van der Waals surface area (Å²) in [6.07, 6.45) is 11.6. The first-order chi connectivity index (χ1) is 13.2. The fourth-order valence-corrected chi connectivity index (χ4v) is 5.05. The Kier molecular flexibility index (Phi) is 4.13. The first-order valence-corrected chi connectivity index (χ1v) is 10.0. The zero-order chi connectivity index (χ0) is 18.4. The molecule has 2 bridgehead atoms. The Balaban J connectivity index is 1.56. The molecule has 27 heavy (non-hydrogen) atoms. The van der Waals surface area contributed by atoms with Crippen LogP contribution in [0.1, 0.15) is 44.3 Å². The molecule has 2 aliphatic heterocycles. The molecule has 0 spiro atoms. The Morgan fingerprint density at radius 2 is 1.96 bits per heavy atom. The van der Waals surface area contributed by atoms with Gasteiger partial charge in [-0.25, -0.2) is 0 Å². The molecule has 0 N–H and O–H groups in total. The maximum atomic E-state index is 5.95. The highest BCUT2D eigenvalue weighted by atomic mass is 16.5. The molecule has 5 rings (SSSR count). The summed E-state index contributed by atoms with van der Waals surface area (Å²) in [6.45, 7) is 2.18. The largest absolute Gasteiger partial charge is 0.360 e. The van der Waals surface area contributed by atoms with Crippen molar-refractivity contribution in [1.82, 2.24) is 10.1 Å². The Morgan fingerprint density at radius 1 is 1.11 bits per heavy atom. The molecule has 3 atom stereocenters. The standard InChI is InChI=1S/C24H26N2O/c1-16-8-10-17(11-9-16)20-14-19-12-13-22(26(19)2)24(20)23-15-21(25-27-23)18-6-4-3-5-7-18/h3-10,15,19,22,24H,11-14H2,1-2H3/b20-17-. The van der Waals surface area contributed by atoms with Crippen LogP contribution in [0.25, 0.3) is 11.3 Å². The molecular formula is C24H26N2O. The van der Waals surface area contributed by atoms with Gasteiger partial charge in [-0.05, 0) is 45.2 Å². The molecule has 1 aromatic heterocycles. The van der Waals surface area contributed by atoms with Crippen molar-refractivity contribution in [1.29, 1.82) is 0 Å². The van der Waals surface area contributed by atoms with Crippen LogP contribution in [0.15, 0.2) is 75.9 Å². The second-order valence-electron chi connectivity index (χ2n) is 8.16. The van der Waals surface area contributed by atoms with Crippen LogP contribution >= 0.6 is 0 Å². The Morgan fingerprint density at radius 3 is 2.74 bits per heavy atom. The van der Waals surface area contributed by atoms with E-state index in [1.807, 2.05) is 6.07 Å². The molecule has 0 amide bonds. The molecular weight excluding hydrogens is 332 g/mol. The van der Waals surface area contributed by atoms with E-state index in [1.54, 1.807) is 5.57 Å². The lowest BCUT2D eigenvalue weighted by Gasteiger charge is -2.39. The Bertz CT molecular complexity index is 934. The minimum atomic E-state index is 0.310. The van der Waals surface area contributed by atoms with Gasteiger partial charge in [0.15, 0.2) is 0 Å². The summed E-state index contributed by atoms with van der Waals surface area (Å²) in [5, 5.41) is 4.41. The number of likely N-dealkylation sites (N-methyl/N-ethyl adjacent to an activating group) is 1. The minimum Gasteiger partial charge on any atom is -0.360 e. The summed E-state index contributed by atoms with van der Waals surface area (Å²) in [5.74, 6) is 1.33. The smallest absolute Gasteiger partial charge is 0.146 e. The van der Waals surface area contributed by atoms with Gasteiger partial charge in [-0.3, -0.25) is 4.90 Å². The number of aromatic nitrogens is 1. The molecule has 3 heteroatoms. The summed E-state index contributed by atoms with van der Waals surface area (Å²) in [6, 6.07) is 13.7. The van der Waals surface area contributed by atoms with Crippen LogP contribution in [0, 0.1) is 0 Å². The normalized spacial score (nSPS) is 30.6.